The van der Waals surface area contributed by atoms with Crippen molar-refractivity contribution in [3.05, 3.63) is 80.3 Å². The van der Waals surface area contributed by atoms with Gasteiger partial charge < -0.3 is 20.6 Å². The average Bonchev–Trinajstić information content (AvgIpc) is 3.58. The number of halogens is 4. The van der Waals surface area contributed by atoms with E-state index in [9.17, 15) is 20.0 Å². The molecule has 1 saturated heterocycles. The Hall–Kier alpha value is -3.14. The molecule has 46 heavy (non-hydrogen) atoms. The van der Waals surface area contributed by atoms with E-state index < -0.39 is 52.3 Å². The zero-order valence-electron chi connectivity index (χ0n) is 26.6. The zero-order valence-corrected chi connectivity index (χ0v) is 29.0. The zero-order chi connectivity index (χ0) is 34.4. The second-order valence-corrected chi connectivity index (χ2v) is 14.0. The number of nitrogens with zero attached hydrogens (tertiary/aromatic N) is 3. The fraction of sp³-hybridized carbons (Fsp3) is 0.455. The van der Waals surface area contributed by atoms with Crippen LogP contribution in [-0.4, -0.2) is 58.6 Å². The highest BCUT2D eigenvalue weighted by Gasteiger charge is 2.61. The Labute approximate surface area is 282 Å². The van der Waals surface area contributed by atoms with Crippen LogP contribution >= 0.6 is 34.5 Å². The van der Waals surface area contributed by atoms with Gasteiger partial charge in [0.1, 0.15) is 21.9 Å². The van der Waals surface area contributed by atoms with Crippen molar-refractivity contribution in [1.82, 2.24) is 15.2 Å². The molecular formula is C33H39Cl2F2N5O3S. The number of hydrogen-bond acceptors (Lipinski definition) is 7. The van der Waals surface area contributed by atoms with Crippen LogP contribution in [0.1, 0.15) is 74.7 Å². The first-order valence-corrected chi connectivity index (χ1v) is 16.5. The molecule has 0 saturated carbocycles. The van der Waals surface area contributed by atoms with E-state index >= 15 is 8.78 Å². The summed E-state index contributed by atoms with van der Waals surface area (Å²) in [5.74, 6) is -4.77. The van der Waals surface area contributed by atoms with Gasteiger partial charge in [0, 0.05) is 22.5 Å². The van der Waals surface area contributed by atoms with Crippen molar-refractivity contribution < 1.29 is 23.5 Å². The smallest absolute Gasteiger partial charge is 0.347 e. The van der Waals surface area contributed by atoms with Crippen LogP contribution in [0.2, 0.25) is 10.0 Å². The van der Waals surface area contributed by atoms with Crippen LogP contribution in [0.3, 0.4) is 0 Å². The van der Waals surface area contributed by atoms with E-state index in [1.807, 2.05) is 20.8 Å². The normalized spacial score (nSPS) is 21.0. The number of aromatic nitrogens is 1. The number of nitrogens with one attached hydrogen (secondary N) is 2. The molecule has 2 heterocycles. The van der Waals surface area contributed by atoms with Crippen LogP contribution in [0.5, 0.6) is 0 Å². The summed E-state index contributed by atoms with van der Waals surface area (Å²) in [5.41, 5.74) is -2.26. The molecule has 8 nitrogen and oxygen atoms in total. The standard InChI is InChI=1S/C27H24Cl2F2N4O3S.C6H15N/c1-26(2,3)10-19-27(12-32,15-8-7-13(28)9-17(15)30)20(14-5-4-6-16(29)21(14)31)22(34-19)23(36)35-25-33-11-18(39-25)24(37)38;1-4-7(5-2)6-3/h4-9,11,19-20,22,34H,10H2,1-3H3,(H,37,38)(H,33,35,36);4-6H2,1-3H3/t19-,20-,22+,27-;/m0./s1. The number of benzene rings is 2. The Morgan fingerprint density at radius 1 is 1.15 bits per heavy atom. The van der Waals surface area contributed by atoms with Crippen molar-refractivity contribution in [2.45, 2.75) is 71.4 Å². The van der Waals surface area contributed by atoms with Gasteiger partial charge in [0.05, 0.1) is 23.3 Å². The Kier molecular flexibility index (Phi) is 12.7. The highest BCUT2D eigenvalue weighted by molar-refractivity contribution is 7.17. The minimum absolute atomic E-state index is 0.00372. The lowest BCUT2D eigenvalue weighted by atomic mass is 9.62. The number of thiazole rings is 1. The molecule has 3 N–H and O–H groups in total. The first-order chi connectivity index (χ1) is 21.6. The largest absolute Gasteiger partial charge is 0.477 e. The van der Waals surface area contributed by atoms with Crippen molar-refractivity contribution in [3.63, 3.8) is 0 Å². The van der Waals surface area contributed by atoms with Crippen LogP contribution in [0.15, 0.2) is 42.6 Å². The van der Waals surface area contributed by atoms with Gasteiger partial charge in [-0.05, 0) is 55.2 Å². The van der Waals surface area contributed by atoms with E-state index in [1.54, 1.807) is 0 Å². The fourth-order valence-electron chi connectivity index (χ4n) is 5.84. The number of carboxylic acid groups (broad SMARTS) is 1. The van der Waals surface area contributed by atoms with Gasteiger partial charge in [0.15, 0.2) is 5.13 Å². The lowest BCUT2D eigenvalue weighted by molar-refractivity contribution is -0.118. The Morgan fingerprint density at radius 3 is 2.30 bits per heavy atom. The molecule has 13 heteroatoms. The lowest BCUT2D eigenvalue weighted by Crippen LogP contribution is -2.44. The molecule has 1 amide bonds. The van der Waals surface area contributed by atoms with E-state index in [1.165, 1.54) is 50.0 Å². The molecule has 0 bridgehead atoms. The van der Waals surface area contributed by atoms with E-state index in [2.05, 4.69) is 47.4 Å². The van der Waals surface area contributed by atoms with Crippen molar-refractivity contribution in [3.8, 4) is 6.07 Å². The third-order valence-corrected chi connectivity index (χ3v) is 9.45. The quantitative estimate of drug-likeness (QED) is 0.210. The topological polar surface area (TPSA) is 118 Å². The Balaban J connectivity index is 0.000000738. The van der Waals surface area contributed by atoms with Crippen molar-refractivity contribution >= 4 is 51.5 Å². The molecule has 0 radical (unpaired) electrons. The number of hydrogen-bond donors (Lipinski definition) is 3. The Morgan fingerprint density at radius 2 is 1.80 bits per heavy atom. The third-order valence-electron chi connectivity index (χ3n) is 8.02. The second kappa shape index (κ2) is 15.6. The highest BCUT2D eigenvalue weighted by atomic mass is 35.5. The summed E-state index contributed by atoms with van der Waals surface area (Å²) in [5, 5.41) is 25.7. The molecule has 4 rings (SSSR count). The molecule has 2 aromatic carbocycles. The second-order valence-electron chi connectivity index (χ2n) is 12.1. The minimum atomic E-state index is -1.77. The summed E-state index contributed by atoms with van der Waals surface area (Å²) in [4.78, 5) is 31.2. The van der Waals surface area contributed by atoms with E-state index in [-0.39, 0.29) is 31.2 Å². The maximum absolute atomic E-state index is 15.6. The number of carbonyl (C=O) groups excluding carboxylic acids is 1. The molecular weight excluding hydrogens is 655 g/mol. The molecule has 1 aromatic heterocycles. The maximum Gasteiger partial charge on any atom is 0.347 e. The van der Waals surface area contributed by atoms with Gasteiger partial charge in [-0.3, -0.25) is 4.79 Å². The van der Waals surface area contributed by atoms with Crippen LogP contribution in [0.4, 0.5) is 13.9 Å². The van der Waals surface area contributed by atoms with Gasteiger partial charge in [-0.15, -0.1) is 0 Å². The maximum atomic E-state index is 15.6. The Bertz CT molecular complexity index is 1580. The molecule has 3 aromatic rings. The lowest BCUT2D eigenvalue weighted by Gasteiger charge is -2.37. The molecule has 1 aliphatic rings. The van der Waals surface area contributed by atoms with Crippen LogP contribution in [0.25, 0.3) is 0 Å². The van der Waals surface area contributed by atoms with Crippen LogP contribution in [-0.2, 0) is 10.2 Å². The molecule has 248 valence electrons. The minimum Gasteiger partial charge on any atom is -0.477 e. The van der Waals surface area contributed by atoms with Crippen LogP contribution < -0.4 is 10.6 Å². The van der Waals surface area contributed by atoms with Crippen molar-refractivity contribution in [1.29, 1.82) is 5.26 Å². The average molecular weight is 695 g/mol. The molecule has 1 aliphatic heterocycles. The molecule has 1 fully saturated rings. The molecule has 0 spiro atoms. The first-order valence-electron chi connectivity index (χ1n) is 14.9. The third kappa shape index (κ3) is 8.22. The SMILES string of the molecule is CC(C)(C)C[C@@H]1N[C@@H](C(=O)Nc2ncc(C(=O)O)s2)[C@H](c2cccc(Cl)c2F)[C@@]1(C#N)c1ccc(Cl)cc1F.CCN(CC)CC. The van der Waals surface area contributed by atoms with Crippen LogP contribution in [0, 0.1) is 28.4 Å². The summed E-state index contributed by atoms with van der Waals surface area (Å²) in [6.07, 6.45) is 1.41. The van der Waals surface area contributed by atoms with Gasteiger partial charge in [0.25, 0.3) is 0 Å². The van der Waals surface area contributed by atoms with E-state index in [4.69, 9.17) is 23.2 Å². The van der Waals surface area contributed by atoms with E-state index in [0.29, 0.717) is 6.42 Å². The van der Waals surface area contributed by atoms with Gasteiger partial charge >= 0.3 is 5.97 Å². The van der Waals surface area contributed by atoms with Gasteiger partial charge in [-0.2, -0.15) is 5.26 Å². The predicted molar refractivity (Wildman–Crippen MR) is 179 cm³/mol. The molecule has 0 unspecified atom stereocenters. The van der Waals surface area contributed by atoms with Crippen molar-refractivity contribution in [2.75, 3.05) is 25.0 Å². The number of carbonyl (C=O) groups is 2. The van der Waals surface area contributed by atoms with Gasteiger partial charge in [0.2, 0.25) is 5.91 Å². The highest BCUT2D eigenvalue weighted by Crippen LogP contribution is 2.53. The summed E-state index contributed by atoms with van der Waals surface area (Å²) in [6, 6.07) is 8.34. The molecule has 4 atom stereocenters. The number of amides is 1. The van der Waals surface area contributed by atoms with E-state index in [0.717, 1.165) is 23.6 Å². The fourth-order valence-corrected chi connectivity index (χ4v) is 6.84. The summed E-state index contributed by atoms with van der Waals surface area (Å²) >= 11 is 12.9. The summed E-state index contributed by atoms with van der Waals surface area (Å²) in [6.45, 7) is 15.9. The number of aromatic carboxylic acids is 1. The van der Waals surface area contributed by atoms with Gasteiger partial charge in [-0.1, -0.05) is 94.3 Å². The number of anilines is 1. The number of nitriles is 1. The monoisotopic (exact) mass is 693 g/mol. The predicted octanol–water partition coefficient (Wildman–Crippen LogP) is 7.73. The summed E-state index contributed by atoms with van der Waals surface area (Å²) < 4.78 is 31.3. The first kappa shape index (κ1) is 37.3. The number of carboxylic acids is 1. The number of rotatable bonds is 9. The molecule has 0 aliphatic carbocycles. The van der Waals surface area contributed by atoms with Gasteiger partial charge in [-0.25, -0.2) is 18.6 Å². The summed E-state index contributed by atoms with van der Waals surface area (Å²) in [7, 11) is 0. The van der Waals surface area contributed by atoms with Crippen molar-refractivity contribution in [2.24, 2.45) is 5.41 Å².